The van der Waals surface area contributed by atoms with Gasteiger partial charge in [-0.1, -0.05) is 12.1 Å². The smallest absolute Gasteiger partial charge is 0.270 e. The van der Waals surface area contributed by atoms with Crippen molar-refractivity contribution in [3.8, 4) is 11.5 Å². The van der Waals surface area contributed by atoms with Crippen LogP contribution in [0.3, 0.4) is 0 Å². The van der Waals surface area contributed by atoms with Gasteiger partial charge in [-0.25, -0.2) is 0 Å². The highest BCUT2D eigenvalue weighted by atomic mass is 16.6. The Bertz CT molecular complexity index is 1280. The number of allylic oxidation sites excluding steroid dienone is 1. The molecule has 0 aromatic heterocycles. The van der Waals surface area contributed by atoms with Crippen LogP contribution in [0.5, 0.6) is 11.5 Å². The molecule has 160 valence electrons. The quantitative estimate of drug-likeness (QED) is 0.305. The lowest BCUT2D eigenvalue weighted by molar-refractivity contribution is -0.385. The number of carbonyl (C=O) groups excluding carboxylic acids is 1. The Morgan fingerprint density at radius 3 is 2.38 bits per heavy atom. The summed E-state index contributed by atoms with van der Waals surface area (Å²) in [6, 6.07) is 15.2. The molecule has 32 heavy (non-hydrogen) atoms. The van der Waals surface area contributed by atoms with Gasteiger partial charge in [0, 0.05) is 29.8 Å². The van der Waals surface area contributed by atoms with Crippen molar-refractivity contribution in [2.24, 2.45) is 0 Å². The van der Waals surface area contributed by atoms with Gasteiger partial charge in [0.1, 0.15) is 18.1 Å². The van der Waals surface area contributed by atoms with E-state index in [9.17, 15) is 25.0 Å². The Balaban J connectivity index is 1.54. The first-order valence-corrected chi connectivity index (χ1v) is 9.52. The second-order valence-corrected chi connectivity index (χ2v) is 7.07. The fraction of sp³-hybridized carbons (Fsp3) is 0.0870. The number of nitro groups is 2. The number of rotatable bonds is 6. The third kappa shape index (κ3) is 4.04. The SMILES string of the molecule is Cc1c(OCc2ccc([N+](=O)[O-])cc2)ccc2c1O/C(=C\c1cccc([N+](=O)[O-])c1)C2=O. The summed E-state index contributed by atoms with van der Waals surface area (Å²) in [6.45, 7) is 1.94. The molecular formula is C23H16N2O7. The van der Waals surface area contributed by atoms with Crippen molar-refractivity contribution in [1.82, 2.24) is 0 Å². The van der Waals surface area contributed by atoms with Crippen LogP contribution in [-0.4, -0.2) is 15.6 Å². The summed E-state index contributed by atoms with van der Waals surface area (Å²) in [5.74, 6) is 0.618. The first kappa shape index (κ1) is 20.7. The number of nitro benzene ring substituents is 2. The van der Waals surface area contributed by atoms with Gasteiger partial charge >= 0.3 is 0 Å². The maximum atomic E-state index is 12.7. The van der Waals surface area contributed by atoms with Gasteiger partial charge in [-0.3, -0.25) is 25.0 Å². The highest BCUT2D eigenvalue weighted by Gasteiger charge is 2.30. The van der Waals surface area contributed by atoms with Crippen LogP contribution in [0, 0.1) is 27.2 Å². The van der Waals surface area contributed by atoms with E-state index in [4.69, 9.17) is 9.47 Å². The summed E-state index contributed by atoms with van der Waals surface area (Å²) in [5.41, 5.74) is 2.14. The van der Waals surface area contributed by atoms with E-state index >= 15 is 0 Å². The zero-order valence-electron chi connectivity index (χ0n) is 16.8. The molecule has 1 aliphatic rings. The number of hydrogen-bond donors (Lipinski definition) is 0. The van der Waals surface area contributed by atoms with E-state index in [0.717, 1.165) is 5.56 Å². The zero-order chi connectivity index (χ0) is 22.8. The van der Waals surface area contributed by atoms with Crippen molar-refractivity contribution in [3.05, 3.63) is 109 Å². The minimum absolute atomic E-state index is 0.00237. The van der Waals surface area contributed by atoms with E-state index in [0.29, 0.717) is 28.2 Å². The lowest BCUT2D eigenvalue weighted by atomic mass is 10.1. The average molecular weight is 432 g/mol. The molecule has 3 aromatic carbocycles. The molecule has 0 bridgehead atoms. The van der Waals surface area contributed by atoms with Gasteiger partial charge in [0.15, 0.2) is 5.76 Å². The summed E-state index contributed by atoms with van der Waals surface area (Å²) in [5, 5.41) is 21.7. The van der Waals surface area contributed by atoms with Crippen molar-refractivity contribution in [1.29, 1.82) is 0 Å². The molecule has 0 aliphatic carbocycles. The molecule has 1 heterocycles. The van der Waals surface area contributed by atoms with Crippen LogP contribution in [0.2, 0.25) is 0 Å². The molecule has 0 amide bonds. The summed E-state index contributed by atoms with van der Waals surface area (Å²) in [7, 11) is 0. The van der Waals surface area contributed by atoms with Crippen LogP contribution in [0.4, 0.5) is 11.4 Å². The molecule has 1 aliphatic heterocycles. The number of hydrogen-bond acceptors (Lipinski definition) is 7. The molecule has 0 atom stereocenters. The molecule has 3 aromatic rings. The topological polar surface area (TPSA) is 122 Å². The minimum Gasteiger partial charge on any atom is -0.488 e. The van der Waals surface area contributed by atoms with Gasteiger partial charge < -0.3 is 9.47 Å². The van der Waals surface area contributed by atoms with Crippen LogP contribution in [0.15, 0.2) is 66.4 Å². The van der Waals surface area contributed by atoms with Crippen molar-refractivity contribution < 1.29 is 24.1 Å². The molecule has 4 rings (SSSR count). The number of carbonyl (C=O) groups is 1. The van der Waals surface area contributed by atoms with Gasteiger partial charge in [0.2, 0.25) is 5.78 Å². The number of nitrogens with zero attached hydrogens (tertiary/aromatic N) is 2. The standard InChI is InChI=1S/C23H16N2O7/c1-14-20(31-13-15-5-7-17(8-6-15)24(27)28)10-9-19-22(26)21(32-23(14)19)12-16-3-2-4-18(11-16)25(29)30/h2-12H,13H2,1H3/b21-12-. The van der Waals surface area contributed by atoms with E-state index in [2.05, 4.69) is 0 Å². The van der Waals surface area contributed by atoms with Gasteiger partial charge in [-0.15, -0.1) is 0 Å². The van der Waals surface area contributed by atoms with Gasteiger partial charge in [-0.05, 0) is 48.4 Å². The average Bonchev–Trinajstić information content (AvgIpc) is 3.10. The zero-order valence-corrected chi connectivity index (χ0v) is 16.8. The lowest BCUT2D eigenvalue weighted by Gasteiger charge is -2.11. The molecule has 0 spiro atoms. The summed E-state index contributed by atoms with van der Waals surface area (Å²) < 4.78 is 11.6. The third-order valence-electron chi connectivity index (χ3n) is 4.96. The van der Waals surface area contributed by atoms with Crippen molar-refractivity contribution in [3.63, 3.8) is 0 Å². The monoisotopic (exact) mass is 432 g/mol. The van der Waals surface area contributed by atoms with E-state index in [1.807, 2.05) is 0 Å². The summed E-state index contributed by atoms with van der Waals surface area (Å²) >= 11 is 0. The summed E-state index contributed by atoms with van der Waals surface area (Å²) in [6.07, 6.45) is 1.46. The van der Waals surface area contributed by atoms with Gasteiger partial charge in [-0.2, -0.15) is 0 Å². The van der Waals surface area contributed by atoms with Crippen LogP contribution in [0.25, 0.3) is 6.08 Å². The Kier molecular flexibility index (Phi) is 5.38. The molecular weight excluding hydrogens is 416 g/mol. The van der Waals surface area contributed by atoms with Crippen LogP contribution < -0.4 is 9.47 Å². The fourth-order valence-corrected chi connectivity index (χ4v) is 3.28. The number of benzene rings is 3. The number of fused-ring (bicyclic) bond motifs is 1. The van der Waals surface area contributed by atoms with Crippen LogP contribution in [-0.2, 0) is 6.61 Å². The maximum Gasteiger partial charge on any atom is 0.270 e. The van der Waals surface area contributed by atoms with E-state index in [1.54, 1.807) is 37.3 Å². The predicted octanol–water partition coefficient (Wildman–Crippen LogP) is 5.01. The molecule has 0 N–H and O–H groups in total. The minimum atomic E-state index is -0.507. The van der Waals surface area contributed by atoms with Crippen molar-refractivity contribution >= 4 is 23.2 Å². The molecule has 0 fully saturated rings. The molecule has 9 nitrogen and oxygen atoms in total. The van der Waals surface area contributed by atoms with E-state index < -0.39 is 9.85 Å². The lowest BCUT2D eigenvalue weighted by Crippen LogP contribution is -1.99. The maximum absolute atomic E-state index is 12.7. The second-order valence-electron chi connectivity index (χ2n) is 7.07. The molecule has 0 unspecified atom stereocenters. The highest BCUT2D eigenvalue weighted by molar-refractivity contribution is 6.15. The second kappa shape index (κ2) is 8.31. The predicted molar refractivity (Wildman–Crippen MR) is 115 cm³/mol. The van der Waals surface area contributed by atoms with Gasteiger partial charge in [0.25, 0.3) is 11.4 Å². The van der Waals surface area contributed by atoms with Crippen LogP contribution in [0.1, 0.15) is 27.0 Å². The Morgan fingerprint density at radius 2 is 1.69 bits per heavy atom. The van der Waals surface area contributed by atoms with Crippen LogP contribution >= 0.6 is 0 Å². The summed E-state index contributed by atoms with van der Waals surface area (Å²) in [4.78, 5) is 33.5. The van der Waals surface area contributed by atoms with E-state index in [-0.39, 0.29) is 29.5 Å². The largest absolute Gasteiger partial charge is 0.488 e. The molecule has 9 heteroatoms. The number of ketones is 1. The normalized spacial score (nSPS) is 13.5. The first-order chi connectivity index (χ1) is 15.3. The molecule has 0 radical (unpaired) electrons. The number of Topliss-reactive ketones (excluding diaryl/α,β-unsaturated/α-hetero) is 1. The fourth-order valence-electron chi connectivity index (χ4n) is 3.28. The molecule has 0 saturated carbocycles. The molecule has 0 saturated heterocycles. The highest BCUT2D eigenvalue weighted by Crippen LogP contribution is 2.39. The van der Waals surface area contributed by atoms with E-state index in [1.165, 1.54) is 36.4 Å². The van der Waals surface area contributed by atoms with Crippen molar-refractivity contribution in [2.75, 3.05) is 0 Å². The van der Waals surface area contributed by atoms with Crippen molar-refractivity contribution in [2.45, 2.75) is 13.5 Å². The third-order valence-corrected chi connectivity index (χ3v) is 4.96. The Labute approximate surface area is 181 Å². The number of ether oxygens (including phenoxy) is 2. The number of non-ortho nitro benzene ring substituents is 2. The van der Waals surface area contributed by atoms with Gasteiger partial charge in [0.05, 0.1) is 15.4 Å². The first-order valence-electron chi connectivity index (χ1n) is 9.52. The Hall–Kier alpha value is -4.53. The Morgan fingerprint density at radius 1 is 0.969 bits per heavy atom.